The molecule has 0 amide bonds. The van der Waals surface area contributed by atoms with Crippen LogP contribution in [0.4, 0.5) is 0 Å². The fourth-order valence-electron chi connectivity index (χ4n) is 3.90. The van der Waals surface area contributed by atoms with Gasteiger partial charge in [-0.3, -0.25) is 9.89 Å². The Morgan fingerprint density at radius 3 is 2.61 bits per heavy atom. The maximum Gasteiger partial charge on any atom is 0.191 e. The Balaban J connectivity index is 1.64. The lowest BCUT2D eigenvalue weighted by Gasteiger charge is -2.29. The minimum absolute atomic E-state index is 0.658. The molecule has 2 fully saturated rings. The van der Waals surface area contributed by atoms with E-state index >= 15 is 0 Å². The number of likely N-dealkylation sites (N-methyl/N-ethyl adjacent to an activating group) is 1. The highest BCUT2D eigenvalue weighted by Crippen LogP contribution is 2.15. The molecular formula is C18H37N5. The highest BCUT2D eigenvalue weighted by molar-refractivity contribution is 5.79. The van der Waals surface area contributed by atoms with Crippen molar-refractivity contribution in [3.63, 3.8) is 0 Å². The van der Waals surface area contributed by atoms with Crippen molar-refractivity contribution in [2.75, 3.05) is 52.9 Å². The van der Waals surface area contributed by atoms with Gasteiger partial charge in [-0.1, -0.05) is 20.3 Å². The van der Waals surface area contributed by atoms with Crippen LogP contribution in [0.1, 0.15) is 46.0 Å². The summed E-state index contributed by atoms with van der Waals surface area (Å²) in [6.07, 6.45) is 6.80. The molecule has 5 nitrogen and oxygen atoms in total. The van der Waals surface area contributed by atoms with Gasteiger partial charge in [0.1, 0.15) is 0 Å². The van der Waals surface area contributed by atoms with Crippen molar-refractivity contribution in [3.8, 4) is 0 Å². The SMILES string of the molecule is CCN1CCCC1CNC(=NC)NCC(C)CN1CCCCC1. The standard InChI is InChI=1S/C18H37N5/c1-4-23-12-8-9-17(23)14-21-18(19-3)20-13-16(2)15-22-10-6-5-7-11-22/h16-17H,4-15H2,1-3H3,(H2,19,20,21). The molecule has 134 valence electrons. The molecule has 0 saturated carbocycles. The number of nitrogens with zero attached hydrogens (tertiary/aromatic N) is 3. The van der Waals surface area contributed by atoms with Gasteiger partial charge in [0.2, 0.25) is 0 Å². The van der Waals surface area contributed by atoms with Crippen LogP contribution in [0, 0.1) is 5.92 Å². The summed E-state index contributed by atoms with van der Waals surface area (Å²) < 4.78 is 0. The summed E-state index contributed by atoms with van der Waals surface area (Å²) in [7, 11) is 1.87. The Bertz CT molecular complexity index is 351. The van der Waals surface area contributed by atoms with E-state index in [1.807, 2.05) is 7.05 Å². The molecule has 2 saturated heterocycles. The summed E-state index contributed by atoms with van der Waals surface area (Å²) in [5.74, 6) is 1.61. The predicted molar refractivity (Wildman–Crippen MR) is 99.1 cm³/mol. The highest BCUT2D eigenvalue weighted by atomic mass is 15.2. The third kappa shape index (κ3) is 6.30. The van der Waals surface area contributed by atoms with E-state index < -0.39 is 0 Å². The molecule has 0 radical (unpaired) electrons. The van der Waals surface area contributed by atoms with Gasteiger partial charge in [0.05, 0.1) is 0 Å². The van der Waals surface area contributed by atoms with Crippen LogP contribution in [0.15, 0.2) is 4.99 Å². The molecule has 2 heterocycles. The van der Waals surface area contributed by atoms with Gasteiger partial charge in [0.15, 0.2) is 5.96 Å². The van der Waals surface area contributed by atoms with Gasteiger partial charge < -0.3 is 15.5 Å². The normalized spacial score (nSPS) is 25.5. The van der Waals surface area contributed by atoms with Crippen molar-refractivity contribution in [3.05, 3.63) is 0 Å². The number of hydrogen-bond acceptors (Lipinski definition) is 3. The number of piperidine rings is 1. The summed E-state index contributed by atoms with van der Waals surface area (Å²) in [6.45, 7) is 12.8. The van der Waals surface area contributed by atoms with Crippen LogP contribution < -0.4 is 10.6 Å². The molecule has 5 heteroatoms. The summed E-state index contributed by atoms with van der Waals surface area (Å²) >= 11 is 0. The first-order chi connectivity index (χ1) is 11.2. The lowest BCUT2D eigenvalue weighted by Crippen LogP contribution is -2.46. The second-order valence-electron chi connectivity index (χ2n) is 7.23. The maximum absolute atomic E-state index is 4.38. The summed E-state index contributed by atoms with van der Waals surface area (Å²) in [4.78, 5) is 9.56. The van der Waals surface area contributed by atoms with Crippen LogP contribution >= 0.6 is 0 Å². The Hall–Kier alpha value is -0.810. The number of aliphatic imine (C=N–C) groups is 1. The molecule has 2 aliphatic heterocycles. The fraction of sp³-hybridized carbons (Fsp3) is 0.944. The lowest BCUT2D eigenvalue weighted by atomic mass is 10.1. The van der Waals surface area contributed by atoms with Gasteiger partial charge in [0.25, 0.3) is 0 Å². The van der Waals surface area contributed by atoms with Crippen molar-refractivity contribution >= 4 is 5.96 Å². The van der Waals surface area contributed by atoms with Crippen molar-refractivity contribution in [2.24, 2.45) is 10.9 Å². The second kappa shape index (κ2) is 10.1. The zero-order valence-corrected chi connectivity index (χ0v) is 15.5. The van der Waals surface area contributed by atoms with E-state index in [-0.39, 0.29) is 0 Å². The minimum Gasteiger partial charge on any atom is -0.356 e. The third-order valence-electron chi connectivity index (χ3n) is 5.27. The van der Waals surface area contributed by atoms with Gasteiger partial charge in [-0.05, 0) is 57.8 Å². The lowest BCUT2D eigenvalue weighted by molar-refractivity contribution is 0.201. The van der Waals surface area contributed by atoms with Crippen LogP contribution in [0.3, 0.4) is 0 Å². The zero-order valence-electron chi connectivity index (χ0n) is 15.5. The van der Waals surface area contributed by atoms with Crippen molar-refractivity contribution in [2.45, 2.75) is 52.0 Å². The van der Waals surface area contributed by atoms with E-state index in [4.69, 9.17) is 0 Å². The summed E-state index contributed by atoms with van der Waals surface area (Å²) in [5.41, 5.74) is 0. The summed E-state index contributed by atoms with van der Waals surface area (Å²) in [5, 5.41) is 7.03. The first kappa shape index (κ1) is 18.5. The first-order valence-corrected chi connectivity index (χ1v) is 9.63. The average Bonchev–Trinajstić information content (AvgIpc) is 3.03. The number of rotatable bonds is 7. The number of hydrogen-bond donors (Lipinski definition) is 2. The Morgan fingerprint density at radius 1 is 1.13 bits per heavy atom. The van der Waals surface area contributed by atoms with E-state index in [9.17, 15) is 0 Å². The first-order valence-electron chi connectivity index (χ1n) is 9.63. The predicted octanol–water partition coefficient (Wildman–Crippen LogP) is 1.76. The largest absolute Gasteiger partial charge is 0.356 e. The van der Waals surface area contributed by atoms with E-state index in [0.29, 0.717) is 12.0 Å². The second-order valence-corrected chi connectivity index (χ2v) is 7.23. The molecule has 0 aliphatic carbocycles. The maximum atomic E-state index is 4.38. The number of likely N-dealkylation sites (tertiary alicyclic amines) is 2. The fourth-order valence-corrected chi connectivity index (χ4v) is 3.90. The van der Waals surface area contributed by atoms with E-state index in [0.717, 1.165) is 25.6 Å². The van der Waals surface area contributed by atoms with Crippen LogP contribution in [-0.4, -0.2) is 74.7 Å². The van der Waals surface area contributed by atoms with Crippen LogP contribution in [0.25, 0.3) is 0 Å². The van der Waals surface area contributed by atoms with Crippen LogP contribution in [0.5, 0.6) is 0 Å². The Labute approximate surface area is 142 Å². The number of guanidine groups is 1. The van der Waals surface area contributed by atoms with Crippen molar-refractivity contribution in [1.29, 1.82) is 0 Å². The van der Waals surface area contributed by atoms with E-state index in [2.05, 4.69) is 39.3 Å². The summed E-state index contributed by atoms with van der Waals surface area (Å²) in [6, 6.07) is 0.671. The Morgan fingerprint density at radius 2 is 1.91 bits per heavy atom. The highest BCUT2D eigenvalue weighted by Gasteiger charge is 2.22. The molecule has 0 aromatic heterocycles. The van der Waals surface area contributed by atoms with Crippen molar-refractivity contribution < 1.29 is 0 Å². The molecule has 23 heavy (non-hydrogen) atoms. The average molecular weight is 324 g/mol. The van der Waals surface area contributed by atoms with Gasteiger partial charge in [0, 0.05) is 32.7 Å². The van der Waals surface area contributed by atoms with Gasteiger partial charge in [-0.15, -0.1) is 0 Å². The van der Waals surface area contributed by atoms with Gasteiger partial charge in [-0.25, -0.2) is 0 Å². The molecular weight excluding hydrogens is 286 g/mol. The van der Waals surface area contributed by atoms with Crippen LogP contribution in [0.2, 0.25) is 0 Å². The molecule has 0 spiro atoms. The van der Waals surface area contributed by atoms with Gasteiger partial charge >= 0.3 is 0 Å². The topological polar surface area (TPSA) is 42.9 Å². The van der Waals surface area contributed by atoms with Crippen LogP contribution in [-0.2, 0) is 0 Å². The molecule has 2 atom stereocenters. The molecule has 2 unspecified atom stereocenters. The molecule has 2 aliphatic rings. The molecule has 0 bridgehead atoms. The zero-order chi connectivity index (χ0) is 16.5. The van der Waals surface area contributed by atoms with E-state index in [1.165, 1.54) is 58.3 Å². The Kier molecular flexibility index (Phi) is 8.17. The van der Waals surface area contributed by atoms with Crippen molar-refractivity contribution in [1.82, 2.24) is 20.4 Å². The molecule has 2 N–H and O–H groups in total. The molecule has 0 aromatic carbocycles. The monoisotopic (exact) mass is 323 g/mol. The molecule has 2 rings (SSSR count). The number of nitrogens with one attached hydrogen (secondary N) is 2. The third-order valence-corrected chi connectivity index (χ3v) is 5.27. The minimum atomic E-state index is 0.658. The van der Waals surface area contributed by atoms with Gasteiger partial charge in [-0.2, -0.15) is 0 Å². The van der Waals surface area contributed by atoms with E-state index in [1.54, 1.807) is 0 Å². The smallest absolute Gasteiger partial charge is 0.191 e. The quantitative estimate of drug-likeness (QED) is 0.553. The molecule has 0 aromatic rings.